The highest BCUT2D eigenvalue weighted by atomic mass is 19.1. The Morgan fingerprint density at radius 3 is 1.44 bits per heavy atom. The molecular formula is C8H19F. The molecule has 0 saturated carbocycles. The van der Waals surface area contributed by atoms with Gasteiger partial charge in [-0.15, -0.1) is 0 Å². The summed E-state index contributed by atoms with van der Waals surface area (Å²) in [7, 11) is 0. The minimum Gasteiger partial charge on any atom is -0.251 e. The molecule has 1 heteroatoms. The molecular weight excluding hydrogens is 115 g/mol. The quantitative estimate of drug-likeness (QED) is 0.543. The van der Waals surface area contributed by atoms with Gasteiger partial charge < -0.3 is 0 Å². The normalized spacial score (nSPS) is 8.67. The molecule has 0 atom stereocenters. The van der Waals surface area contributed by atoms with Crippen LogP contribution in [0.5, 0.6) is 0 Å². The SMILES string of the molecule is CCC(C)C.CCCF. The van der Waals surface area contributed by atoms with Crippen LogP contribution in [0.1, 0.15) is 40.5 Å². The van der Waals surface area contributed by atoms with Gasteiger partial charge in [-0.25, -0.2) is 0 Å². The Morgan fingerprint density at radius 2 is 1.44 bits per heavy atom. The van der Waals surface area contributed by atoms with Gasteiger partial charge in [0, 0.05) is 0 Å². The highest BCUT2D eigenvalue weighted by Gasteiger charge is 1.80. The van der Waals surface area contributed by atoms with Gasteiger partial charge in [0.05, 0.1) is 6.67 Å². The van der Waals surface area contributed by atoms with E-state index in [1.165, 1.54) is 6.42 Å². The van der Waals surface area contributed by atoms with E-state index in [-0.39, 0.29) is 6.67 Å². The molecule has 0 aromatic rings. The van der Waals surface area contributed by atoms with E-state index in [1.807, 2.05) is 0 Å². The zero-order chi connectivity index (χ0) is 7.70. The molecule has 0 nitrogen and oxygen atoms in total. The third-order valence-corrected chi connectivity index (χ3v) is 1.01. The zero-order valence-corrected chi connectivity index (χ0v) is 7.08. The molecule has 0 saturated heterocycles. The number of hydrogen-bond acceptors (Lipinski definition) is 0. The standard InChI is InChI=1S/C5H12.C3H7F/c1-4-5(2)3;1-2-3-4/h5H,4H2,1-3H3;2-3H2,1H3. The number of alkyl halides is 1. The first kappa shape index (κ1) is 11.7. The molecule has 0 unspecified atom stereocenters. The second kappa shape index (κ2) is 10.8. The van der Waals surface area contributed by atoms with E-state index in [9.17, 15) is 4.39 Å². The first-order valence-corrected chi connectivity index (χ1v) is 3.74. The third kappa shape index (κ3) is 32.5. The Labute approximate surface area is 58.5 Å². The summed E-state index contributed by atoms with van der Waals surface area (Å²) < 4.78 is 10.7. The second-order valence-corrected chi connectivity index (χ2v) is 2.49. The highest BCUT2D eigenvalue weighted by molar-refractivity contribution is 4.32. The maximum atomic E-state index is 10.7. The van der Waals surface area contributed by atoms with Gasteiger partial charge in [-0.3, -0.25) is 4.39 Å². The largest absolute Gasteiger partial charge is 0.251 e. The molecule has 0 bridgehead atoms. The van der Waals surface area contributed by atoms with Crippen LogP contribution in [-0.4, -0.2) is 6.67 Å². The van der Waals surface area contributed by atoms with Crippen molar-refractivity contribution in [2.24, 2.45) is 5.92 Å². The van der Waals surface area contributed by atoms with Crippen LogP contribution in [0.25, 0.3) is 0 Å². The number of hydrogen-bond donors (Lipinski definition) is 0. The van der Waals surface area contributed by atoms with Crippen LogP contribution in [-0.2, 0) is 0 Å². The van der Waals surface area contributed by atoms with Crippen LogP contribution in [0.15, 0.2) is 0 Å². The molecule has 9 heavy (non-hydrogen) atoms. The Morgan fingerprint density at radius 1 is 1.22 bits per heavy atom. The number of rotatable bonds is 2. The lowest BCUT2D eigenvalue weighted by molar-refractivity contribution is 0.487. The van der Waals surface area contributed by atoms with E-state index < -0.39 is 0 Å². The molecule has 0 spiro atoms. The molecule has 0 fully saturated rings. The van der Waals surface area contributed by atoms with Gasteiger partial charge in [-0.1, -0.05) is 34.1 Å². The molecule has 0 N–H and O–H groups in total. The van der Waals surface area contributed by atoms with E-state index in [1.54, 1.807) is 6.92 Å². The van der Waals surface area contributed by atoms with Gasteiger partial charge in [0.2, 0.25) is 0 Å². The van der Waals surface area contributed by atoms with Crippen molar-refractivity contribution in [1.29, 1.82) is 0 Å². The lowest BCUT2D eigenvalue weighted by Crippen LogP contribution is -1.77. The molecule has 0 aromatic carbocycles. The maximum absolute atomic E-state index is 10.7. The van der Waals surface area contributed by atoms with Gasteiger partial charge in [-0.2, -0.15) is 0 Å². The minimum absolute atomic E-state index is 0.181. The van der Waals surface area contributed by atoms with Gasteiger partial charge >= 0.3 is 0 Å². The fourth-order valence-electron chi connectivity index (χ4n) is 0. The molecule has 0 rings (SSSR count). The van der Waals surface area contributed by atoms with Crippen molar-refractivity contribution < 1.29 is 4.39 Å². The van der Waals surface area contributed by atoms with Crippen molar-refractivity contribution in [1.82, 2.24) is 0 Å². The molecule has 0 heterocycles. The molecule has 0 amide bonds. The monoisotopic (exact) mass is 134 g/mol. The predicted octanol–water partition coefficient (Wildman–Crippen LogP) is 3.42. The van der Waals surface area contributed by atoms with Gasteiger partial charge in [-0.05, 0) is 12.3 Å². The molecule has 0 aliphatic rings. The van der Waals surface area contributed by atoms with E-state index in [2.05, 4.69) is 20.8 Å². The third-order valence-electron chi connectivity index (χ3n) is 1.01. The Balaban J connectivity index is 0. The van der Waals surface area contributed by atoms with Crippen LogP contribution in [0.3, 0.4) is 0 Å². The van der Waals surface area contributed by atoms with Crippen LogP contribution in [0.4, 0.5) is 4.39 Å². The van der Waals surface area contributed by atoms with Crippen molar-refractivity contribution in [3.05, 3.63) is 0 Å². The molecule has 0 radical (unpaired) electrons. The minimum atomic E-state index is -0.181. The second-order valence-electron chi connectivity index (χ2n) is 2.49. The highest BCUT2D eigenvalue weighted by Crippen LogP contribution is 1.93. The smallest absolute Gasteiger partial charge is 0.0891 e. The van der Waals surface area contributed by atoms with E-state index in [0.717, 1.165) is 5.92 Å². The molecule has 0 aromatic heterocycles. The van der Waals surface area contributed by atoms with E-state index >= 15 is 0 Å². The lowest BCUT2D eigenvalue weighted by atomic mass is 10.2. The zero-order valence-electron chi connectivity index (χ0n) is 7.08. The van der Waals surface area contributed by atoms with Gasteiger partial charge in [0.25, 0.3) is 0 Å². The fraction of sp³-hybridized carbons (Fsp3) is 1.00. The average Bonchev–Trinajstić information content (AvgIpc) is 1.89. The summed E-state index contributed by atoms with van der Waals surface area (Å²) in [6.45, 7) is 8.27. The predicted molar refractivity (Wildman–Crippen MR) is 41.4 cm³/mol. The first-order valence-electron chi connectivity index (χ1n) is 3.74. The van der Waals surface area contributed by atoms with Crippen molar-refractivity contribution >= 4 is 0 Å². The van der Waals surface area contributed by atoms with Crippen LogP contribution in [0.2, 0.25) is 0 Å². The average molecular weight is 134 g/mol. The van der Waals surface area contributed by atoms with Crippen molar-refractivity contribution in [3.63, 3.8) is 0 Å². The Bertz CT molecular complexity index is 31.5. The fourth-order valence-corrected chi connectivity index (χ4v) is 0. The van der Waals surface area contributed by atoms with E-state index in [0.29, 0.717) is 6.42 Å². The molecule has 58 valence electrons. The first-order chi connectivity index (χ1) is 4.18. The topological polar surface area (TPSA) is 0 Å². The molecule has 0 aliphatic carbocycles. The Kier molecular flexibility index (Phi) is 14.1. The summed E-state index contributed by atoms with van der Waals surface area (Å²) in [5.74, 6) is 0.884. The van der Waals surface area contributed by atoms with Crippen molar-refractivity contribution in [2.75, 3.05) is 6.67 Å². The summed E-state index contributed by atoms with van der Waals surface area (Å²) >= 11 is 0. The van der Waals surface area contributed by atoms with Crippen LogP contribution < -0.4 is 0 Å². The van der Waals surface area contributed by atoms with Crippen molar-refractivity contribution in [3.8, 4) is 0 Å². The number of halogens is 1. The summed E-state index contributed by atoms with van der Waals surface area (Å²) in [6, 6.07) is 0. The van der Waals surface area contributed by atoms with Gasteiger partial charge in [0.15, 0.2) is 0 Å². The summed E-state index contributed by atoms with van der Waals surface area (Å²) in [5, 5.41) is 0. The Hall–Kier alpha value is -0.0700. The summed E-state index contributed by atoms with van der Waals surface area (Å²) in [5.41, 5.74) is 0. The summed E-state index contributed by atoms with van der Waals surface area (Å²) in [6.07, 6.45) is 1.96. The van der Waals surface area contributed by atoms with Crippen LogP contribution in [0, 0.1) is 5.92 Å². The van der Waals surface area contributed by atoms with Crippen molar-refractivity contribution in [2.45, 2.75) is 40.5 Å². The van der Waals surface area contributed by atoms with Gasteiger partial charge in [0.1, 0.15) is 0 Å². The van der Waals surface area contributed by atoms with Crippen LogP contribution >= 0.6 is 0 Å². The molecule has 0 aliphatic heterocycles. The summed E-state index contributed by atoms with van der Waals surface area (Å²) in [4.78, 5) is 0. The maximum Gasteiger partial charge on any atom is 0.0891 e. The lowest BCUT2D eigenvalue weighted by Gasteiger charge is -1.90. The van der Waals surface area contributed by atoms with E-state index in [4.69, 9.17) is 0 Å².